The van der Waals surface area contributed by atoms with Crippen LogP contribution in [0.1, 0.15) is 6.42 Å². The van der Waals surface area contributed by atoms with Gasteiger partial charge in [-0.3, -0.25) is 4.79 Å². The van der Waals surface area contributed by atoms with Gasteiger partial charge in [0.1, 0.15) is 0 Å². The van der Waals surface area contributed by atoms with Crippen molar-refractivity contribution < 1.29 is 4.79 Å². The van der Waals surface area contributed by atoms with Gasteiger partial charge in [-0.2, -0.15) is 0 Å². The van der Waals surface area contributed by atoms with Gasteiger partial charge < -0.3 is 10.6 Å². The lowest BCUT2D eigenvalue weighted by Gasteiger charge is -2.16. The number of anilines is 1. The molecule has 1 aromatic heterocycles. The molecule has 0 saturated carbocycles. The van der Waals surface area contributed by atoms with Crippen LogP contribution in [0, 0.1) is 5.92 Å². The summed E-state index contributed by atoms with van der Waals surface area (Å²) >= 11 is 1.61. The molecule has 88 valence electrons. The molecule has 0 spiro atoms. The molecule has 2 heterocycles. The molecular weight excluding hydrogens is 234 g/mol. The molecule has 1 amide bonds. The van der Waals surface area contributed by atoms with Crippen LogP contribution in [0.4, 0.5) is 5.69 Å². The van der Waals surface area contributed by atoms with Gasteiger partial charge in [-0.15, -0.1) is 11.3 Å². The molecule has 17 heavy (non-hydrogen) atoms. The molecule has 2 aromatic rings. The number of hydrogen-bond donors (Lipinski definition) is 1. The first-order valence-electron chi connectivity index (χ1n) is 5.61. The molecular formula is C12H13N3OS. The first-order chi connectivity index (χ1) is 8.28. The van der Waals surface area contributed by atoms with E-state index in [4.69, 9.17) is 5.73 Å². The highest BCUT2D eigenvalue weighted by molar-refractivity contribution is 7.16. The number of nitrogens with zero attached hydrogens (tertiary/aromatic N) is 2. The van der Waals surface area contributed by atoms with E-state index in [0.29, 0.717) is 13.0 Å². The van der Waals surface area contributed by atoms with E-state index in [1.54, 1.807) is 11.3 Å². The zero-order chi connectivity index (χ0) is 11.8. The maximum Gasteiger partial charge on any atom is 0.227 e. The molecule has 5 heteroatoms. The molecule has 1 unspecified atom stereocenters. The van der Waals surface area contributed by atoms with Gasteiger partial charge in [0.15, 0.2) is 0 Å². The van der Waals surface area contributed by atoms with Crippen molar-refractivity contribution in [2.24, 2.45) is 11.7 Å². The number of fused-ring (bicyclic) bond motifs is 1. The van der Waals surface area contributed by atoms with Crippen LogP contribution in [0.5, 0.6) is 0 Å². The van der Waals surface area contributed by atoms with Crippen LogP contribution in [-0.4, -0.2) is 24.0 Å². The third-order valence-corrected chi connectivity index (χ3v) is 3.97. The Hall–Kier alpha value is -1.46. The molecule has 1 aromatic carbocycles. The Morgan fingerprint density at radius 1 is 1.53 bits per heavy atom. The molecule has 1 aliphatic rings. The number of benzene rings is 1. The molecule has 0 radical (unpaired) electrons. The predicted octanol–water partition coefficient (Wildman–Crippen LogP) is 1.61. The maximum atomic E-state index is 11.9. The van der Waals surface area contributed by atoms with E-state index in [-0.39, 0.29) is 11.8 Å². The van der Waals surface area contributed by atoms with Gasteiger partial charge in [0, 0.05) is 18.7 Å². The second-order valence-electron chi connectivity index (χ2n) is 4.31. The van der Waals surface area contributed by atoms with Crippen molar-refractivity contribution in [3.05, 3.63) is 23.7 Å². The first-order valence-corrected chi connectivity index (χ1v) is 6.49. The number of thiazole rings is 1. The average molecular weight is 247 g/mol. The number of aromatic nitrogens is 1. The van der Waals surface area contributed by atoms with Crippen LogP contribution in [0.25, 0.3) is 10.2 Å². The van der Waals surface area contributed by atoms with Crippen molar-refractivity contribution >= 4 is 33.1 Å². The summed E-state index contributed by atoms with van der Waals surface area (Å²) < 4.78 is 1.15. The van der Waals surface area contributed by atoms with Gasteiger partial charge >= 0.3 is 0 Å². The van der Waals surface area contributed by atoms with Gasteiger partial charge in [0.2, 0.25) is 5.91 Å². The average Bonchev–Trinajstić information content (AvgIpc) is 2.93. The normalized spacial score (nSPS) is 20.4. The molecule has 1 atom stereocenters. The number of nitrogens with two attached hydrogens (primary N) is 1. The summed E-state index contributed by atoms with van der Waals surface area (Å²) in [5.74, 6) is 0.448. The largest absolute Gasteiger partial charge is 0.330 e. The predicted molar refractivity (Wildman–Crippen MR) is 69.1 cm³/mol. The summed E-state index contributed by atoms with van der Waals surface area (Å²) in [4.78, 5) is 18.0. The Morgan fingerprint density at radius 3 is 3.18 bits per heavy atom. The fourth-order valence-corrected chi connectivity index (χ4v) is 2.86. The molecule has 1 aliphatic heterocycles. The Kier molecular flexibility index (Phi) is 2.57. The van der Waals surface area contributed by atoms with Crippen LogP contribution in [-0.2, 0) is 4.79 Å². The van der Waals surface area contributed by atoms with Crippen molar-refractivity contribution in [1.82, 2.24) is 4.98 Å². The first kappa shape index (κ1) is 10.7. The highest BCUT2D eigenvalue weighted by Gasteiger charge is 2.29. The number of carbonyl (C=O) groups excluding carboxylic acids is 1. The highest BCUT2D eigenvalue weighted by Crippen LogP contribution is 2.28. The van der Waals surface area contributed by atoms with E-state index in [9.17, 15) is 4.79 Å². The number of amides is 1. The topological polar surface area (TPSA) is 59.2 Å². The lowest BCUT2D eigenvalue weighted by molar-refractivity contribution is -0.117. The van der Waals surface area contributed by atoms with Gasteiger partial charge in [-0.05, 0) is 30.7 Å². The summed E-state index contributed by atoms with van der Waals surface area (Å²) in [7, 11) is 0. The summed E-state index contributed by atoms with van der Waals surface area (Å²) in [5.41, 5.74) is 9.33. The maximum absolute atomic E-state index is 11.9. The van der Waals surface area contributed by atoms with E-state index < -0.39 is 0 Å². The van der Waals surface area contributed by atoms with Crippen molar-refractivity contribution in [2.45, 2.75) is 6.42 Å². The van der Waals surface area contributed by atoms with Crippen molar-refractivity contribution in [2.75, 3.05) is 18.0 Å². The minimum Gasteiger partial charge on any atom is -0.330 e. The summed E-state index contributed by atoms with van der Waals surface area (Å²) in [6, 6.07) is 5.98. The van der Waals surface area contributed by atoms with Crippen LogP contribution >= 0.6 is 11.3 Å². The Bertz CT molecular complexity index is 566. The number of hydrogen-bond acceptors (Lipinski definition) is 4. The zero-order valence-electron chi connectivity index (χ0n) is 9.30. The smallest absolute Gasteiger partial charge is 0.227 e. The lowest BCUT2D eigenvalue weighted by Crippen LogP contribution is -2.25. The summed E-state index contributed by atoms with van der Waals surface area (Å²) in [6.07, 6.45) is 0.561. The van der Waals surface area contributed by atoms with Gasteiger partial charge in [0.05, 0.1) is 15.7 Å². The standard InChI is InChI=1S/C12H13N3OS/c13-5-8-3-12(16)15(6-8)9-1-2-11-10(4-9)14-7-17-11/h1-2,4,7-8H,3,5-6,13H2. The zero-order valence-corrected chi connectivity index (χ0v) is 10.1. The number of carbonyl (C=O) groups is 1. The molecule has 0 aliphatic carbocycles. The highest BCUT2D eigenvalue weighted by atomic mass is 32.1. The molecule has 1 saturated heterocycles. The van der Waals surface area contributed by atoms with Crippen LogP contribution in [0.15, 0.2) is 23.7 Å². The quantitative estimate of drug-likeness (QED) is 0.877. The Labute approximate surface area is 103 Å². The lowest BCUT2D eigenvalue weighted by atomic mass is 10.1. The molecule has 1 fully saturated rings. The van der Waals surface area contributed by atoms with Gasteiger partial charge in [-0.1, -0.05) is 0 Å². The van der Waals surface area contributed by atoms with Crippen molar-refractivity contribution in [3.8, 4) is 0 Å². The van der Waals surface area contributed by atoms with E-state index in [0.717, 1.165) is 22.4 Å². The minimum atomic E-state index is 0.162. The van der Waals surface area contributed by atoms with Crippen molar-refractivity contribution in [1.29, 1.82) is 0 Å². The third kappa shape index (κ3) is 1.81. The molecule has 2 N–H and O–H groups in total. The number of rotatable bonds is 2. The van der Waals surface area contributed by atoms with Gasteiger partial charge in [0.25, 0.3) is 0 Å². The Balaban J connectivity index is 1.95. The summed E-state index contributed by atoms with van der Waals surface area (Å²) in [6.45, 7) is 1.30. The second kappa shape index (κ2) is 4.09. The van der Waals surface area contributed by atoms with E-state index in [2.05, 4.69) is 4.98 Å². The van der Waals surface area contributed by atoms with E-state index in [1.807, 2.05) is 28.6 Å². The monoisotopic (exact) mass is 247 g/mol. The fourth-order valence-electron chi connectivity index (χ4n) is 2.20. The fraction of sp³-hybridized carbons (Fsp3) is 0.333. The van der Waals surface area contributed by atoms with Crippen molar-refractivity contribution in [3.63, 3.8) is 0 Å². The Morgan fingerprint density at radius 2 is 2.41 bits per heavy atom. The molecule has 4 nitrogen and oxygen atoms in total. The van der Waals surface area contributed by atoms with Gasteiger partial charge in [-0.25, -0.2) is 4.98 Å². The third-order valence-electron chi connectivity index (χ3n) is 3.16. The second-order valence-corrected chi connectivity index (χ2v) is 5.20. The van der Waals surface area contributed by atoms with Crippen LogP contribution < -0.4 is 10.6 Å². The van der Waals surface area contributed by atoms with E-state index >= 15 is 0 Å². The van der Waals surface area contributed by atoms with Crippen LogP contribution in [0.3, 0.4) is 0 Å². The summed E-state index contributed by atoms with van der Waals surface area (Å²) in [5, 5.41) is 0. The SMILES string of the molecule is NCC1CC(=O)N(c2ccc3scnc3c2)C1. The van der Waals surface area contributed by atoms with Crippen LogP contribution in [0.2, 0.25) is 0 Å². The minimum absolute atomic E-state index is 0.162. The van der Waals surface area contributed by atoms with E-state index in [1.165, 1.54) is 0 Å². The molecule has 0 bridgehead atoms. The molecule has 3 rings (SSSR count).